The average Bonchev–Trinajstić information content (AvgIpc) is 2.40. The standard InChI is InChI=1S/C16H30N2/c1-2-13-12-18(11-7-14(13)17)15-6-10-16(15)8-4-3-5-9-16/h13-15H,2-12,17H2,1H3. The number of nitrogens with two attached hydrogens (primary N) is 1. The van der Waals surface area contributed by atoms with Crippen LogP contribution in [0.15, 0.2) is 0 Å². The zero-order valence-electron chi connectivity index (χ0n) is 12.0. The van der Waals surface area contributed by atoms with Gasteiger partial charge in [-0.25, -0.2) is 0 Å². The molecule has 104 valence electrons. The van der Waals surface area contributed by atoms with E-state index in [9.17, 15) is 0 Å². The van der Waals surface area contributed by atoms with Gasteiger partial charge in [0, 0.05) is 18.6 Å². The van der Waals surface area contributed by atoms with Gasteiger partial charge in [-0.05, 0) is 50.0 Å². The number of piperidine rings is 1. The van der Waals surface area contributed by atoms with Gasteiger partial charge in [-0.3, -0.25) is 4.90 Å². The van der Waals surface area contributed by atoms with Gasteiger partial charge in [-0.15, -0.1) is 0 Å². The van der Waals surface area contributed by atoms with Crippen molar-refractivity contribution in [3.8, 4) is 0 Å². The normalized spacial score (nSPS) is 40.7. The maximum atomic E-state index is 6.25. The van der Waals surface area contributed by atoms with Crippen molar-refractivity contribution >= 4 is 0 Å². The summed E-state index contributed by atoms with van der Waals surface area (Å²) in [6, 6.07) is 1.38. The monoisotopic (exact) mass is 250 g/mol. The van der Waals surface area contributed by atoms with Crippen LogP contribution in [-0.4, -0.2) is 30.1 Å². The molecule has 0 aromatic carbocycles. The van der Waals surface area contributed by atoms with Crippen molar-refractivity contribution in [2.45, 2.75) is 76.8 Å². The maximum Gasteiger partial charge on any atom is 0.0152 e. The predicted octanol–water partition coefficient (Wildman–Crippen LogP) is 3.16. The Morgan fingerprint density at radius 1 is 1.11 bits per heavy atom. The van der Waals surface area contributed by atoms with Crippen LogP contribution < -0.4 is 5.73 Å². The van der Waals surface area contributed by atoms with Crippen molar-refractivity contribution in [1.82, 2.24) is 4.90 Å². The Balaban J connectivity index is 1.64. The van der Waals surface area contributed by atoms with Gasteiger partial charge in [-0.2, -0.15) is 0 Å². The quantitative estimate of drug-likeness (QED) is 0.815. The first kappa shape index (κ1) is 12.9. The van der Waals surface area contributed by atoms with E-state index in [4.69, 9.17) is 5.73 Å². The molecule has 1 saturated heterocycles. The van der Waals surface area contributed by atoms with Crippen molar-refractivity contribution in [2.75, 3.05) is 13.1 Å². The lowest BCUT2D eigenvalue weighted by molar-refractivity contribution is -0.0698. The van der Waals surface area contributed by atoms with Crippen molar-refractivity contribution in [3.05, 3.63) is 0 Å². The predicted molar refractivity (Wildman–Crippen MR) is 76.5 cm³/mol. The van der Waals surface area contributed by atoms with E-state index in [-0.39, 0.29) is 0 Å². The molecule has 2 heteroatoms. The average molecular weight is 250 g/mol. The van der Waals surface area contributed by atoms with E-state index < -0.39 is 0 Å². The zero-order chi connectivity index (χ0) is 12.6. The zero-order valence-corrected chi connectivity index (χ0v) is 12.0. The fourth-order valence-electron chi connectivity index (χ4n) is 4.88. The van der Waals surface area contributed by atoms with Crippen LogP contribution in [0.25, 0.3) is 0 Å². The van der Waals surface area contributed by atoms with Crippen LogP contribution in [0.5, 0.6) is 0 Å². The number of rotatable bonds is 2. The maximum absolute atomic E-state index is 6.25. The topological polar surface area (TPSA) is 29.3 Å². The number of likely N-dealkylation sites (tertiary alicyclic amines) is 1. The smallest absolute Gasteiger partial charge is 0.0152 e. The minimum Gasteiger partial charge on any atom is -0.327 e. The van der Waals surface area contributed by atoms with E-state index >= 15 is 0 Å². The fraction of sp³-hybridized carbons (Fsp3) is 1.00. The Kier molecular flexibility index (Phi) is 3.68. The lowest BCUT2D eigenvalue weighted by Gasteiger charge is -2.58. The number of nitrogens with zero attached hydrogens (tertiary/aromatic N) is 1. The molecule has 1 spiro atoms. The van der Waals surface area contributed by atoms with Crippen LogP contribution in [0.2, 0.25) is 0 Å². The highest BCUT2D eigenvalue weighted by Crippen LogP contribution is 2.54. The molecular weight excluding hydrogens is 220 g/mol. The second-order valence-corrected chi connectivity index (χ2v) is 7.09. The Morgan fingerprint density at radius 2 is 1.89 bits per heavy atom. The van der Waals surface area contributed by atoms with Crippen LogP contribution in [0.4, 0.5) is 0 Å². The Morgan fingerprint density at radius 3 is 2.50 bits per heavy atom. The highest BCUT2D eigenvalue weighted by molar-refractivity contribution is 5.04. The molecule has 0 amide bonds. The van der Waals surface area contributed by atoms with Gasteiger partial charge in [0.1, 0.15) is 0 Å². The lowest BCUT2D eigenvalue weighted by Crippen LogP contribution is -2.60. The SMILES string of the molecule is CCC1CN(C2CCC23CCCCC3)CCC1N. The summed E-state index contributed by atoms with van der Waals surface area (Å²) in [6.07, 6.45) is 12.9. The molecule has 3 unspecified atom stereocenters. The van der Waals surface area contributed by atoms with Crippen LogP contribution in [0.3, 0.4) is 0 Å². The Hall–Kier alpha value is -0.0800. The molecule has 18 heavy (non-hydrogen) atoms. The van der Waals surface area contributed by atoms with E-state index in [0.29, 0.717) is 6.04 Å². The van der Waals surface area contributed by atoms with Crippen LogP contribution in [-0.2, 0) is 0 Å². The molecular formula is C16H30N2. The summed E-state index contributed by atoms with van der Waals surface area (Å²) in [5.41, 5.74) is 6.99. The molecule has 0 aromatic rings. The number of hydrogen-bond donors (Lipinski definition) is 1. The second kappa shape index (κ2) is 5.13. The van der Waals surface area contributed by atoms with Crippen molar-refractivity contribution < 1.29 is 0 Å². The third kappa shape index (κ3) is 2.12. The summed E-state index contributed by atoms with van der Waals surface area (Å²) in [5, 5.41) is 0. The molecule has 0 aromatic heterocycles. The van der Waals surface area contributed by atoms with Gasteiger partial charge in [0.2, 0.25) is 0 Å². The first-order valence-electron chi connectivity index (χ1n) is 8.25. The van der Waals surface area contributed by atoms with Crippen LogP contribution in [0, 0.1) is 11.3 Å². The number of hydrogen-bond acceptors (Lipinski definition) is 2. The summed E-state index contributed by atoms with van der Waals surface area (Å²) < 4.78 is 0. The van der Waals surface area contributed by atoms with E-state index in [2.05, 4.69) is 11.8 Å². The second-order valence-electron chi connectivity index (χ2n) is 7.09. The molecule has 2 N–H and O–H groups in total. The minimum atomic E-state index is 0.466. The van der Waals surface area contributed by atoms with Gasteiger partial charge < -0.3 is 5.73 Å². The Labute approximate surface area is 112 Å². The van der Waals surface area contributed by atoms with Crippen molar-refractivity contribution in [1.29, 1.82) is 0 Å². The van der Waals surface area contributed by atoms with Gasteiger partial charge in [0.15, 0.2) is 0 Å². The van der Waals surface area contributed by atoms with Gasteiger partial charge in [-0.1, -0.05) is 32.6 Å². The van der Waals surface area contributed by atoms with Gasteiger partial charge >= 0.3 is 0 Å². The molecule has 3 aliphatic rings. The molecule has 3 atom stereocenters. The van der Waals surface area contributed by atoms with Crippen LogP contribution >= 0.6 is 0 Å². The largest absolute Gasteiger partial charge is 0.327 e. The molecule has 0 radical (unpaired) electrons. The lowest BCUT2D eigenvalue weighted by atomic mass is 9.56. The van der Waals surface area contributed by atoms with E-state index in [1.807, 2.05) is 0 Å². The highest BCUT2D eigenvalue weighted by Gasteiger charge is 2.50. The summed E-state index contributed by atoms with van der Waals surface area (Å²) >= 11 is 0. The van der Waals surface area contributed by atoms with E-state index in [0.717, 1.165) is 17.4 Å². The Bertz CT molecular complexity index is 283. The first-order chi connectivity index (χ1) is 8.75. The third-order valence-corrected chi connectivity index (χ3v) is 6.26. The van der Waals surface area contributed by atoms with Crippen molar-refractivity contribution in [2.24, 2.45) is 17.1 Å². The molecule has 2 aliphatic carbocycles. The molecule has 0 bridgehead atoms. The fourth-order valence-corrected chi connectivity index (χ4v) is 4.88. The molecule has 1 heterocycles. The molecule has 3 fully saturated rings. The highest BCUT2D eigenvalue weighted by atomic mass is 15.2. The molecule has 3 rings (SSSR count). The van der Waals surface area contributed by atoms with Gasteiger partial charge in [0.05, 0.1) is 0 Å². The summed E-state index contributed by atoms with van der Waals surface area (Å²) in [6.45, 7) is 4.86. The molecule has 2 saturated carbocycles. The first-order valence-corrected chi connectivity index (χ1v) is 8.25. The summed E-state index contributed by atoms with van der Waals surface area (Å²) in [7, 11) is 0. The summed E-state index contributed by atoms with van der Waals surface area (Å²) in [5.74, 6) is 0.750. The minimum absolute atomic E-state index is 0.466. The molecule has 1 aliphatic heterocycles. The molecule has 2 nitrogen and oxygen atoms in total. The van der Waals surface area contributed by atoms with E-state index in [1.54, 1.807) is 0 Å². The van der Waals surface area contributed by atoms with E-state index in [1.165, 1.54) is 70.9 Å². The van der Waals surface area contributed by atoms with Crippen LogP contribution in [0.1, 0.15) is 64.7 Å². The van der Waals surface area contributed by atoms with Gasteiger partial charge in [0.25, 0.3) is 0 Å². The van der Waals surface area contributed by atoms with Crippen molar-refractivity contribution in [3.63, 3.8) is 0 Å². The third-order valence-electron chi connectivity index (χ3n) is 6.26. The summed E-state index contributed by atoms with van der Waals surface area (Å²) in [4.78, 5) is 2.83.